The van der Waals surface area contributed by atoms with Crippen LogP contribution in [0.3, 0.4) is 0 Å². The number of aromatic nitrogens is 1. The quantitative estimate of drug-likeness (QED) is 0.657. The van der Waals surface area contributed by atoms with Crippen LogP contribution in [0.25, 0.3) is 0 Å². The van der Waals surface area contributed by atoms with Gasteiger partial charge in [0.15, 0.2) is 0 Å². The first-order valence-corrected chi connectivity index (χ1v) is 7.58. The number of aromatic hydroxyl groups is 1. The molecule has 1 N–H and O–H groups in total. The molecule has 0 saturated heterocycles. The highest BCUT2D eigenvalue weighted by molar-refractivity contribution is 6.09. The molecule has 0 unspecified atom stereocenters. The molecular formula is C18H21NO4. The third kappa shape index (κ3) is 3.80. The number of carbonyl (C=O) groups is 2. The molecule has 0 spiro atoms. The average molecular weight is 315 g/mol. The lowest BCUT2D eigenvalue weighted by Crippen LogP contribution is -2.14. The molecule has 5 nitrogen and oxygen atoms in total. The topological polar surface area (TPSA) is 68.5 Å². The number of phenols is 1. The molecule has 0 aliphatic heterocycles. The summed E-state index contributed by atoms with van der Waals surface area (Å²) in [7, 11) is 1.74. The maximum absolute atomic E-state index is 12.7. The van der Waals surface area contributed by atoms with E-state index >= 15 is 0 Å². The van der Waals surface area contributed by atoms with E-state index in [4.69, 9.17) is 4.74 Å². The Kier molecular flexibility index (Phi) is 5.21. The third-order valence-electron chi connectivity index (χ3n) is 3.72. The standard InChI is InChI=1S/C18H21NO4/c1-4-9-23-17(21)10-13-6-8-16(19(13)3)18(22)15-11-14(20)7-5-12(15)2/h5-8,11,20H,4,9-10H2,1-3H3. The Bertz CT molecular complexity index is 731. The van der Waals surface area contributed by atoms with E-state index in [9.17, 15) is 14.7 Å². The molecule has 0 aliphatic rings. The van der Waals surface area contributed by atoms with Crippen molar-refractivity contribution in [3.63, 3.8) is 0 Å². The van der Waals surface area contributed by atoms with Crippen molar-refractivity contribution in [1.29, 1.82) is 0 Å². The summed E-state index contributed by atoms with van der Waals surface area (Å²) in [4.78, 5) is 24.4. The van der Waals surface area contributed by atoms with Gasteiger partial charge in [-0.3, -0.25) is 9.59 Å². The highest BCUT2D eigenvalue weighted by Crippen LogP contribution is 2.20. The van der Waals surface area contributed by atoms with Crippen molar-refractivity contribution in [3.05, 3.63) is 52.8 Å². The van der Waals surface area contributed by atoms with Crippen molar-refractivity contribution < 1.29 is 19.4 Å². The molecule has 2 rings (SSSR count). The number of nitrogens with zero attached hydrogens (tertiary/aromatic N) is 1. The minimum absolute atomic E-state index is 0.0523. The summed E-state index contributed by atoms with van der Waals surface area (Å²) in [5.41, 5.74) is 2.42. The van der Waals surface area contributed by atoms with Gasteiger partial charge in [0.25, 0.3) is 0 Å². The fraction of sp³-hybridized carbons (Fsp3) is 0.333. The zero-order chi connectivity index (χ0) is 17.0. The molecule has 2 aromatic rings. The normalized spacial score (nSPS) is 10.6. The average Bonchev–Trinajstić information content (AvgIpc) is 2.88. The number of hydrogen-bond donors (Lipinski definition) is 1. The van der Waals surface area contributed by atoms with Crippen molar-refractivity contribution in [1.82, 2.24) is 4.57 Å². The second kappa shape index (κ2) is 7.13. The number of esters is 1. The number of aryl methyl sites for hydroxylation is 1. The number of rotatable bonds is 6. The summed E-state index contributed by atoms with van der Waals surface area (Å²) in [5, 5.41) is 9.59. The van der Waals surface area contributed by atoms with Gasteiger partial charge in [-0.2, -0.15) is 0 Å². The smallest absolute Gasteiger partial charge is 0.311 e. The summed E-state index contributed by atoms with van der Waals surface area (Å²) in [6, 6.07) is 8.15. The molecule has 23 heavy (non-hydrogen) atoms. The number of phenolic OH excluding ortho intramolecular Hbond substituents is 1. The predicted octanol–water partition coefficient (Wildman–Crippen LogP) is 2.77. The van der Waals surface area contributed by atoms with E-state index in [1.54, 1.807) is 35.9 Å². The zero-order valence-electron chi connectivity index (χ0n) is 13.6. The van der Waals surface area contributed by atoms with Gasteiger partial charge in [-0.25, -0.2) is 0 Å². The van der Waals surface area contributed by atoms with Gasteiger partial charge in [0.2, 0.25) is 5.78 Å². The molecule has 1 aromatic carbocycles. The van der Waals surface area contributed by atoms with Gasteiger partial charge < -0.3 is 14.4 Å². The number of carbonyl (C=O) groups excluding carboxylic acids is 2. The number of ketones is 1. The maximum atomic E-state index is 12.7. The molecule has 0 radical (unpaired) electrons. The summed E-state index contributed by atoms with van der Waals surface area (Å²) in [6.07, 6.45) is 0.905. The van der Waals surface area contributed by atoms with Crippen molar-refractivity contribution in [2.45, 2.75) is 26.7 Å². The highest BCUT2D eigenvalue weighted by atomic mass is 16.5. The van der Waals surface area contributed by atoms with Crippen LogP contribution < -0.4 is 0 Å². The second-order valence-corrected chi connectivity index (χ2v) is 5.49. The summed E-state index contributed by atoms with van der Waals surface area (Å²) in [5.74, 6) is -0.439. The van der Waals surface area contributed by atoms with E-state index in [1.807, 2.05) is 13.8 Å². The molecule has 0 aliphatic carbocycles. The van der Waals surface area contributed by atoms with Crippen molar-refractivity contribution >= 4 is 11.8 Å². The fourth-order valence-corrected chi connectivity index (χ4v) is 2.37. The highest BCUT2D eigenvalue weighted by Gasteiger charge is 2.18. The monoisotopic (exact) mass is 315 g/mol. The summed E-state index contributed by atoms with van der Waals surface area (Å²) < 4.78 is 6.76. The second-order valence-electron chi connectivity index (χ2n) is 5.49. The Hall–Kier alpha value is -2.56. The maximum Gasteiger partial charge on any atom is 0.311 e. The van der Waals surface area contributed by atoms with E-state index in [-0.39, 0.29) is 23.9 Å². The molecular weight excluding hydrogens is 294 g/mol. The Balaban J connectivity index is 2.23. The van der Waals surface area contributed by atoms with Gasteiger partial charge in [0, 0.05) is 18.3 Å². The molecule has 0 atom stereocenters. The van der Waals surface area contributed by atoms with Gasteiger partial charge in [-0.05, 0) is 43.2 Å². The first-order chi connectivity index (χ1) is 10.9. The first kappa shape index (κ1) is 16.8. The van der Waals surface area contributed by atoms with E-state index in [0.29, 0.717) is 23.6 Å². The van der Waals surface area contributed by atoms with E-state index in [0.717, 1.165) is 12.0 Å². The third-order valence-corrected chi connectivity index (χ3v) is 3.72. The lowest BCUT2D eigenvalue weighted by Gasteiger charge is -2.09. The van der Waals surface area contributed by atoms with Crippen molar-refractivity contribution in [2.24, 2.45) is 7.05 Å². The van der Waals surface area contributed by atoms with Gasteiger partial charge in [0.05, 0.1) is 18.7 Å². The summed E-state index contributed by atoms with van der Waals surface area (Å²) >= 11 is 0. The van der Waals surface area contributed by atoms with E-state index in [2.05, 4.69) is 0 Å². The lowest BCUT2D eigenvalue weighted by atomic mass is 10.0. The van der Waals surface area contributed by atoms with Crippen LogP contribution in [0.4, 0.5) is 0 Å². The molecule has 122 valence electrons. The molecule has 1 aromatic heterocycles. The number of benzene rings is 1. The molecule has 0 saturated carbocycles. The lowest BCUT2D eigenvalue weighted by molar-refractivity contribution is -0.142. The van der Waals surface area contributed by atoms with Gasteiger partial charge >= 0.3 is 5.97 Å². The Morgan fingerprint density at radius 2 is 1.96 bits per heavy atom. The zero-order valence-corrected chi connectivity index (χ0v) is 13.6. The molecule has 0 bridgehead atoms. The molecule has 1 heterocycles. The van der Waals surface area contributed by atoms with Crippen LogP contribution in [-0.4, -0.2) is 28.0 Å². The van der Waals surface area contributed by atoms with Crippen LogP contribution in [0.1, 0.15) is 40.7 Å². The minimum atomic E-state index is -0.305. The Morgan fingerprint density at radius 3 is 2.65 bits per heavy atom. The largest absolute Gasteiger partial charge is 0.508 e. The van der Waals surface area contributed by atoms with Gasteiger partial charge in [-0.15, -0.1) is 0 Å². The fourth-order valence-electron chi connectivity index (χ4n) is 2.37. The molecule has 0 fully saturated rings. The molecule has 5 heteroatoms. The van der Waals surface area contributed by atoms with Crippen LogP contribution in [-0.2, 0) is 23.0 Å². The molecule has 0 amide bonds. The SMILES string of the molecule is CCCOC(=O)Cc1ccc(C(=O)c2cc(O)ccc2C)n1C. The Morgan fingerprint density at radius 1 is 1.22 bits per heavy atom. The van der Waals surface area contributed by atoms with Crippen molar-refractivity contribution in [3.8, 4) is 5.75 Å². The van der Waals surface area contributed by atoms with Crippen LogP contribution >= 0.6 is 0 Å². The van der Waals surface area contributed by atoms with Crippen molar-refractivity contribution in [2.75, 3.05) is 6.61 Å². The van der Waals surface area contributed by atoms with E-state index < -0.39 is 0 Å². The Labute approximate surface area is 135 Å². The van der Waals surface area contributed by atoms with Crippen LogP contribution in [0.2, 0.25) is 0 Å². The minimum Gasteiger partial charge on any atom is -0.508 e. The van der Waals surface area contributed by atoms with E-state index in [1.165, 1.54) is 6.07 Å². The summed E-state index contributed by atoms with van der Waals surface area (Å²) in [6.45, 7) is 4.15. The van der Waals surface area contributed by atoms with Gasteiger partial charge in [0.1, 0.15) is 5.75 Å². The predicted molar refractivity (Wildman–Crippen MR) is 86.6 cm³/mol. The van der Waals surface area contributed by atoms with Gasteiger partial charge in [-0.1, -0.05) is 13.0 Å². The van der Waals surface area contributed by atoms with Crippen LogP contribution in [0.5, 0.6) is 5.75 Å². The van der Waals surface area contributed by atoms with Crippen LogP contribution in [0.15, 0.2) is 30.3 Å². The van der Waals surface area contributed by atoms with Crippen LogP contribution in [0, 0.1) is 6.92 Å². The first-order valence-electron chi connectivity index (χ1n) is 7.58. The number of ether oxygens (including phenoxy) is 1. The number of hydrogen-bond acceptors (Lipinski definition) is 4.